The molecule has 1 nitrogen and oxygen atoms in total. The molecule has 1 aromatic rings. The Hall–Kier alpha value is -0.820. The predicted octanol–water partition coefficient (Wildman–Crippen LogP) is 4.04. The van der Waals surface area contributed by atoms with Crippen LogP contribution in [0.15, 0.2) is 24.3 Å². The molecule has 0 aliphatic rings. The molecule has 0 bridgehead atoms. The summed E-state index contributed by atoms with van der Waals surface area (Å²) in [5.41, 5.74) is 2.20. The first-order chi connectivity index (χ1) is 7.38. The number of hydrogen-bond donors (Lipinski definition) is 1. The fraction of sp³-hybridized carbons (Fsp3) is 0.600. The summed E-state index contributed by atoms with van der Waals surface area (Å²) >= 11 is 0. The Balaban J connectivity index is 2.41. The van der Waals surface area contributed by atoms with Crippen molar-refractivity contribution in [2.24, 2.45) is 0 Å². The Bertz CT molecular complexity index is 305. The SMILES string of the molecule is Cc1ccc([C@H](C)CCCC(C)(C)O)cc1. The fourth-order valence-electron chi connectivity index (χ4n) is 1.90. The van der Waals surface area contributed by atoms with Crippen molar-refractivity contribution < 1.29 is 5.11 Å². The van der Waals surface area contributed by atoms with Gasteiger partial charge in [-0.05, 0) is 45.1 Å². The van der Waals surface area contributed by atoms with E-state index in [0.717, 1.165) is 19.3 Å². The van der Waals surface area contributed by atoms with Gasteiger partial charge in [-0.15, -0.1) is 0 Å². The molecule has 1 aromatic carbocycles. The summed E-state index contributed by atoms with van der Waals surface area (Å²) in [6.07, 6.45) is 3.11. The maximum atomic E-state index is 9.64. The van der Waals surface area contributed by atoms with Gasteiger partial charge in [-0.2, -0.15) is 0 Å². The van der Waals surface area contributed by atoms with Gasteiger partial charge >= 0.3 is 0 Å². The van der Waals surface area contributed by atoms with Gasteiger partial charge in [-0.25, -0.2) is 0 Å². The monoisotopic (exact) mass is 220 g/mol. The topological polar surface area (TPSA) is 20.2 Å². The molecule has 0 spiro atoms. The molecule has 0 aromatic heterocycles. The van der Waals surface area contributed by atoms with Crippen molar-refractivity contribution in [2.75, 3.05) is 0 Å². The highest BCUT2D eigenvalue weighted by Gasteiger charge is 2.13. The van der Waals surface area contributed by atoms with Crippen LogP contribution in [-0.4, -0.2) is 10.7 Å². The molecule has 0 aliphatic heterocycles. The number of hydrogen-bond acceptors (Lipinski definition) is 1. The van der Waals surface area contributed by atoms with Gasteiger partial charge in [0.2, 0.25) is 0 Å². The second kappa shape index (κ2) is 5.49. The lowest BCUT2D eigenvalue weighted by atomic mass is 9.92. The van der Waals surface area contributed by atoms with Crippen LogP contribution in [0.5, 0.6) is 0 Å². The number of aryl methyl sites for hydroxylation is 1. The van der Waals surface area contributed by atoms with Gasteiger partial charge in [-0.3, -0.25) is 0 Å². The zero-order chi connectivity index (χ0) is 12.2. The molecule has 0 amide bonds. The van der Waals surface area contributed by atoms with E-state index in [2.05, 4.69) is 38.1 Å². The summed E-state index contributed by atoms with van der Waals surface area (Å²) < 4.78 is 0. The van der Waals surface area contributed by atoms with Crippen molar-refractivity contribution in [3.63, 3.8) is 0 Å². The predicted molar refractivity (Wildman–Crippen MR) is 69.7 cm³/mol. The lowest BCUT2D eigenvalue weighted by molar-refractivity contribution is 0.0678. The Morgan fingerprint density at radius 3 is 2.25 bits per heavy atom. The van der Waals surface area contributed by atoms with E-state index in [1.165, 1.54) is 11.1 Å². The highest BCUT2D eigenvalue weighted by Crippen LogP contribution is 2.23. The fourth-order valence-corrected chi connectivity index (χ4v) is 1.90. The Kier molecular flexibility index (Phi) is 4.55. The van der Waals surface area contributed by atoms with Crippen molar-refractivity contribution in [2.45, 2.75) is 58.5 Å². The summed E-state index contributed by atoms with van der Waals surface area (Å²) in [5.74, 6) is 0.586. The van der Waals surface area contributed by atoms with E-state index >= 15 is 0 Å². The second-order valence-electron chi connectivity index (χ2n) is 5.52. The van der Waals surface area contributed by atoms with Gasteiger partial charge in [-0.1, -0.05) is 43.2 Å². The third kappa shape index (κ3) is 4.80. The van der Waals surface area contributed by atoms with Crippen molar-refractivity contribution >= 4 is 0 Å². The average Bonchev–Trinajstić information content (AvgIpc) is 2.16. The van der Waals surface area contributed by atoms with Crippen molar-refractivity contribution in [1.82, 2.24) is 0 Å². The summed E-state index contributed by atoms with van der Waals surface area (Å²) in [6, 6.07) is 8.76. The molecule has 0 saturated heterocycles. The third-order valence-electron chi connectivity index (χ3n) is 3.07. The molecule has 0 unspecified atom stereocenters. The minimum atomic E-state index is -0.521. The smallest absolute Gasteiger partial charge is 0.0591 e. The van der Waals surface area contributed by atoms with Crippen molar-refractivity contribution in [1.29, 1.82) is 0 Å². The van der Waals surface area contributed by atoms with Crippen LogP contribution in [-0.2, 0) is 0 Å². The highest BCUT2D eigenvalue weighted by atomic mass is 16.3. The molecule has 16 heavy (non-hydrogen) atoms. The Labute approximate surface area is 99.5 Å². The van der Waals surface area contributed by atoms with E-state index in [4.69, 9.17) is 0 Å². The lowest BCUT2D eigenvalue weighted by Gasteiger charge is -2.18. The number of rotatable bonds is 5. The van der Waals surface area contributed by atoms with Gasteiger partial charge in [0, 0.05) is 0 Å². The van der Waals surface area contributed by atoms with Crippen LogP contribution in [0, 0.1) is 6.92 Å². The number of benzene rings is 1. The second-order valence-corrected chi connectivity index (χ2v) is 5.52. The van der Waals surface area contributed by atoms with E-state index < -0.39 is 5.60 Å². The van der Waals surface area contributed by atoms with E-state index in [0.29, 0.717) is 5.92 Å². The third-order valence-corrected chi connectivity index (χ3v) is 3.07. The molecule has 0 radical (unpaired) electrons. The van der Waals surface area contributed by atoms with Crippen LogP contribution in [0.3, 0.4) is 0 Å². The quantitative estimate of drug-likeness (QED) is 0.794. The maximum Gasteiger partial charge on any atom is 0.0591 e. The molecule has 1 N–H and O–H groups in total. The van der Waals surface area contributed by atoms with Crippen LogP contribution in [0.1, 0.15) is 57.1 Å². The van der Waals surface area contributed by atoms with Crippen molar-refractivity contribution in [3.8, 4) is 0 Å². The van der Waals surface area contributed by atoms with Gasteiger partial charge in [0.05, 0.1) is 5.60 Å². The standard InChI is InChI=1S/C15H24O/c1-12-7-9-14(10-8-12)13(2)6-5-11-15(3,4)16/h7-10,13,16H,5-6,11H2,1-4H3/t13-/m1/s1. The molecule has 90 valence electrons. The molecule has 1 rings (SSSR count). The molecule has 0 heterocycles. The molecular formula is C15H24O. The summed E-state index contributed by atoms with van der Waals surface area (Å²) in [5, 5.41) is 9.64. The summed E-state index contributed by atoms with van der Waals surface area (Å²) in [6.45, 7) is 8.13. The van der Waals surface area contributed by atoms with Crippen LogP contribution < -0.4 is 0 Å². The van der Waals surface area contributed by atoms with Crippen LogP contribution in [0.4, 0.5) is 0 Å². The zero-order valence-electron chi connectivity index (χ0n) is 11.0. The van der Waals surface area contributed by atoms with Crippen LogP contribution >= 0.6 is 0 Å². The van der Waals surface area contributed by atoms with Crippen LogP contribution in [0.2, 0.25) is 0 Å². The molecule has 0 aliphatic carbocycles. The zero-order valence-corrected chi connectivity index (χ0v) is 11.0. The molecule has 0 saturated carbocycles. The Morgan fingerprint density at radius 1 is 1.19 bits per heavy atom. The molecule has 1 atom stereocenters. The lowest BCUT2D eigenvalue weighted by Crippen LogP contribution is -2.18. The van der Waals surface area contributed by atoms with Crippen LogP contribution in [0.25, 0.3) is 0 Å². The number of aliphatic hydroxyl groups is 1. The molecular weight excluding hydrogens is 196 g/mol. The summed E-state index contributed by atoms with van der Waals surface area (Å²) in [7, 11) is 0. The highest BCUT2D eigenvalue weighted by molar-refractivity contribution is 5.23. The maximum absolute atomic E-state index is 9.64. The largest absolute Gasteiger partial charge is 0.390 e. The van der Waals surface area contributed by atoms with Gasteiger partial charge in [0.1, 0.15) is 0 Å². The summed E-state index contributed by atoms with van der Waals surface area (Å²) in [4.78, 5) is 0. The van der Waals surface area contributed by atoms with Gasteiger partial charge in [0.15, 0.2) is 0 Å². The van der Waals surface area contributed by atoms with Gasteiger partial charge in [0.25, 0.3) is 0 Å². The van der Waals surface area contributed by atoms with E-state index in [1.807, 2.05) is 13.8 Å². The van der Waals surface area contributed by atoms with Crippen molar-refractivity contribution in [3.05, 3.63) is 35.4 Å². The average molecular weight is 220 g/mol. The first-order valence-corrected chi connectivity index (χ1v) is 6.17. The molecule has 0 fully saturated rings. The first kappa shape index (κ1) is 13.2. The minimum Gasteiger partial charge on any atom is -0.390 e. The Morgan fingerprint density at radius 2 is 1.75 bits per heavy atom. The van der Waals surface area contributed by atoms with E-state index in [9.17, 15) is 5.11 Å². The normalized spacial score (nSPS) is 13.8. The van der Waals surface area contributed by atoms with E-state index in [1.54, 1.807) is 0 Å². The van der Waals surface area contributed by atoms with Gasteiger partial charge < -0.3 is 5.11 Å². The minimum absolute atomic E-state index is 0.521. The van der Waals surface area contributed by atoms with E-state index in [-0.39, 0.29) is 0 Å². The molecule has 1 heteroatoms. The first-order valence-electron chi connectivity index (χ1n) is 6.17.